The van der Waals surface area contributed by atoms with Crippen LogP contribution in [0.15, 0.2) is 29.2 Å². The zero-order valence-electron chi connectivity index (χ0n) is 12.4. The van der Waals surface area contributed by atoms with Crippen molar-refractivity contribution in [1.29, 1.82) is 0 Å². The highest BCUT2D eigenvalue weighted by Crippen LogP contribution is 2.29. The fraction of sp³-hybridized carbons (Fsp3) is 0.600. The summed E-state index contributed by atoms with van der Waals surface area (Å²) >= 11 is 0. The predicted molar refractivity (Wildman–Crippen MR) is 83.9 cm³/mol. The van der Waals surface area contributed by atoms with Crippen molar-refractivity contribution in [3.63, 3.8) is 0 Å². The molecule has 2 aliphatic heterocycles. The first-order chi connectivity index (χ1) is 10.1. The van der Waals surface area contributed by atoms with Crippen molar-refractivity contribution < 1.29 is 8.42 Å². The topological polar surface area (TPSA) is 61.4 Å². The Morgan fingerprint density at radius 2 is 1.95 bits per heavy atom. The highest BCUT2D eigenvalue weighted by Gasteiger charge is 2.39. The lowest BCUT2D eigenvalue weighted by molar-refractivity contribution is 0.309. The smallest absolute Gasteiger partial charge is 0.240 e. The van der Waals surface area contributed by atoms with E-state index in [1.807, 2.05) is 19.1 Å². The van der Waals surface area contributed by atoms with Crippen LogP contribution in [0.3, 0.4) is 0 Å². The average Bonchev–Trinajstić information content (AvgIpc) is 3.05. The summed E-state index contributed by atoms with van der Waals surface area (Å²) in [5, 5.41) is 3.17. The van der Waals surface area contributed by atoms with E-state index >= 15 is 0 Å². The first kappa shape index (κ1) is 14.8. The van der Waals surface area contributed by atoms with Gasteiger partial charge in [0.05, 0.1) is 4.90 Å². The van der Waals surface area contributed by atoms with Gasteiger partial charge in [0.2, 0.25) is 10.0 Å². The molecule has 2 N–H and O–H groups in total. The lowest BCUT2D eigenvalue weighted by Crippen LogP contribution is -2.42. The Bertz CT molecular complexity index is 585. The summed E-state index contributed by atoms with van der Waals surface area (Å²) < 4.78 is 27.9. The first-order valence-electron chi connectivity index (χ1n) is 7.70. The van der Waals surface area contributed by atoms with Gasteiger partial charge in [0, 0.05) is 30.9 Å². The molecule has 0 spiro atoms. The monoisotopic (exact) mass is 309 g/mol. The molecule has 2 heterocycles. The number of benzene rings is 1. The summed E-state index contributed by atoms with van der Waals surface area (Å²) in [5.74, 6) is 0. The molecule has 2 unspecified atom stereocenters. The molecule has 0 aliphatic carbocycles. The molecule has 2 saturated heterocycles. The Hall–Kier alpha value is -1.11. The van der Waals surface area contributed by atoms with Gasteiger partial charge in [-0.1, -0.05) is 0 Å². The second kappa shape index (κ2) is 5.94. The second-order valence-electron chi connectivity index (χ2n) is 5.82. The molecule has 0 radical (unpaired) electrons. The first-order valence-corrected chi connectivity index (χ1v) is 9.19. The lowest BCUT2D eigenvalue weighted by Gasteiger charge is -2.21. The van der Waals surface area contributed by atoms with E-state index in [0.29, 0.717) is 10.9 Å². The van der Waals surface area contributed by atoms with Crippen molar-refractivity contribution in [2.45, 2.75) is 43.2 Å². The van der Waals surface area contributed by atoms with E-state index in [1.54, 1.807) is 12.1 Å². The van der Waals surface area contributed by atoms with Gasteiger partial charge in [-0.3, -0.25) is 4.90 Å². The summed E-state index contributed by atoms with van der Waals surface area (Å²) in [4.78, 5) is 2.75. The molecule has 1 aromatic carbocycles. The minimum Gasteiger partial charge on any atom is -0.385 e. The van der Waals surface area contributed by atoms with Crippen molar-refractivity contribution in [3.8, 4) is 0 Å². The number of hydrogen-bond acceptors (Lipinski definition) is 4. The van der Waals surface area contributed by atoms with Crippen molar-refractivity contribution in [2.24, 2.45) is 0 Å². The molecule has 6 heteroatoms. The van der Waals surface area contributed by atoms with E-state index in [2.05, 4.69) is 14.9 Å². The Kier molecular flexibility index (Phi) is 4.19. The average molecular weight is 309 g/mol. The molecule has 0 saturated carbocycles. The summed E-state index contributed by atoms with van der Waals surface area (Å²) in [7, 11) is -3.42. The third-order valence-corrected chi connectivity index (χ3v) is 5.96. The van der Waals surface area contributed by atoms with Gasteiger partial charge in [0.15, 0.2) is 0 Å². The molecular weight excluding hydrogens is 286 g/mol. The number of fused-ring (bicyclic) bond motifs is 1. The molecule has 5 nitrogen and oxygen atoms in total. The maximum absolute atomic E-state index is 12.5. The van der Waals surface area contributed by atoms with Gasteiger partial charge >= 0.3 is 0 Å². The van der Waals surface area contributed by atoms with Crippen molar-refractivity contribution in [1.82, 2.24) is 9.62 Å². The van der Waals surface area contributed by atoms with Crippen LogP contribution < -0.4 is 10.0 Å². The van der Waals surface area contributed by atoms with E-state index in [-0.39, 0.29) is 6.04 Å². The summed E-state index contributed by atoms with van der Waals surface area (Å²) in [6.45, 7) is 4.96. The highest BCUT2D eigenvalue weighted by molar-refractivity contribution is 7.89. The molecule has 0 bridgehead atoms. The van der Waals surface area contributed by atoms with Crippen LogP contribution in [0.4, 0.5) is 5.69 Å². The second-order valence-corrected chi connectivity index (χ2v) is 7.53. The van der Waals surface area contributed by atoms with Crippen molar-refractivity contribution in [2.75, 3.05) is 25.0 Å². The van der Waals surface area contributed by atoms with Crippen LogP contribution in [0, 0.1) is 0 Å². The quantitative estimate of drug-likeness (QED) is 0.868. The number of nitrogens with one attached hydrogen (secondary N) is 2. The molecule has 1 aromatic rings. The fourth-order valence-electron chi connectivity index (χ4n) is 3.44. The summed E-state index contributed by atoms with van der Waals surface area (Å²) in [6.07, 6.45) is 3.20. The third kappa shape index (κ3) is 3.07. The van der Waals surface area contributed by atoms with Gasteiger partial charge < -0.3 is 5.32 Å². The molecular formula is C15H23N3O2S. The van der Waals surface area contributed by atoms with Crippen LogP contribution >= 0.6 is 0 Å². The molecule has 21 heavy (non-hydrogen) atoms. The molecule has 2 fully saturated rings. The van der Waals surface area contributed by atoms with E-state index in [9.17, 15) is 8.42 Å². The normalized spacial score (nSPS) is 26.0. The van der Waals surface area contributed by atoms with Crippen LogP contribution in [-0.4, -0.2) is 45.0 Å². The zero-order chi connectivity index (χ0) is 14.9. The molecule has 0 aromatic heterocycles. The SMILES string of the molecule is CCNc1ccc(S(=O)(=O)NC2CCN3CCCC23)cc1. The van der Waals surface area contributed by atoms with E-state index < -0.39 is 10.0 Å². The number of sulfonamides is 1. The standard InChI is InChI=1S/C15H23N3O2S/c1-2-16-12-5-7-13(8-6-12)21(19,20)17-14-9-11-18-10-3-4-15(14)18/h5-8,14-17H,2-4,9-11H2,1H3. The van der Waals surface area contributed by atoms with E-state index in [0.717, 1.165) is 38.2 Å². The van der Waals surface area contributed by atoms with Crippen molar-refractivity contribution in [3.05, 3.63) is 24.3 Å². The Balaban J connectivity index is 1.71. The lowest BCUT2D eigenvalue weighted by atomic mass is 10.1. The number of anilines is 1. The van der Waals surface area contributed by atoms with E-state index in [1.165, 1.54) is 6.42 Å². The molecule has 116 valence electrons. The highest BCUT2D eigenvalue weighted by atomic mass is 32.2. The van der Waals surface area contributed by atoms with Crippen LogP contribution in [0.1, 0.15) is 26.2 Å². The Morgan fingerprint density at radius 1 is 1.19 bits per heavy atom. The van der Waals surface area contributed by atoms with Crippen LogP contribution in [0.25, 0.3) is 0 Å². The minimum absolute atomic E-state index is 0.0611. The van der Waals surface area contributed by atoms with Gasteiger partial charge in [0.25, 0.3) is 0 Å². The van der Waals surface area contributed by atoms with Gasteiger partial charge in [0.1, 0.15) is 0 Å². The Morgan fingerprint density at radius 3 is 2.67 bits per heavy atom. The number of rotatable bonds is 5. The van der Waals surface area contributed by atoms with E-state index in [4.69, 9.17) is 0 Å². The molecule has 0 amide bonds. The number of nitrogens with zero attached hydrogens (tertiary/aromatic N) is 1. The third-order valence-electron chi connectivity index (χ3n) is 4.46. The maximum atomic E-state index is 12.5. The zero-order valence-corrected chi connectivity index (χ0v) is 13.2. The maximum Gasteiger partial charge on any atom is 0.240 e. The van der Waals surface area contributed by atoms with Gasteiger partial charge in [-0.05, 0) is 57.0 Å². The molecule has 2 atom stereocenters. The summed E-state index contributed by atoms with van der Waals surface area (Å²) in [6, 6.07) is 7.42. The fourth-order valence-corrected chi connectivity index (χ4v) is 4.75. The summed E-state index contributed by atoms with van der Waals surface area (Å²) in [5.41, 5.74) is 0.944. The van der Waals surface area contributed by atoms with Gasteiger partial charge in [-0.2, -0.15) is 0 Å². The van der Waals surface area contributed by atoms with Gasteiger partial charge in [-0.25, -0.2) is 13.1 Å². The van der Waals surface area contributed by atoms with Gasteiger partial charge in [-0.15, -0.1) is 0 Å². The predicted octanol–water partition coefficient (Wildman–Crippen LogP) is 1.63. The molecule has 2 aliphatic rings. The molecule has 3 rings (SSSR count). The van der Waals surface area contributed by atoms with Crippen LogP contribution in [0.5, 0.6) is 0 Å². The van der Waals surface area contributed by atoms with Crippen LogP contribution in [0.2, 0.25) is 0 Å². The van der Waals surface area contributed by atoms with Crippen molar-refractivity contribution >= 4 is 15.7 Å². The Labute approximate surface area is 126 Å². The largest absolute Gasteiger partial charge is 0.385 e. The minimum atomic E-state index is -3.42. The van der Waals surface area contributed by atoms with Crippen LogP contribution in [-0.2, 0) is 10.0 Å². The number of hydrogen-bond donors (Lipinski definition) is 2.